The zero-order valence-electron chi connectivity index (χ0n) is 11.9. The minimum Gasteiger partial charge on any atom is -0.326 e. The van der Waals surface area contributed by atoms with Crippen molar-refractivity contribution in [1.29, 1.82) is 0 Å². The highest BCUT2D eigenvalue weighted by molar-refractivity contribution is 6.30. The summed E-state index contributed by atoms with van der Waals surface area (Å²) in [7, 11) is 0. The van der Waals surface area contributed by atoms with E-state index in [2.05, 4.69) is 17.4 Å². The lowest BCUT2D eigenvalue weighted by Crippen LogP contribution is -2.12. The highest BCUT2D eigenvalue weighted by atomic mass is 35.5. The summed E-state index contributed by atoms with van der Waals surface area (Å²) in [6.45, 7) is 0. The summed E-state index contributed by atoms with van der Waals surface area (Å²) in [5.74, 6) is 0.0490. The van der Waals surface area contributed by atoms with E-state index in [-0.39, 0.29) is 5.91 Å². The van der Waals surface area contributed by atoms with Crippen molar-refractivity contribution in [3.63, 3.8) is 0 Å². The van der Waals surface area contributed by atoms with Crippen molar-refractivity contribution in [2.45, 2.75) is 32.1 Å². The Kier molecular flexibility index (Phi) is 4.26. The van der Waals surface area contributed by atoms with Crippen molar-refractivity contribution in [1.82, 2.24) is 0 Å². The van der Waals surface area contributed by atoms with Crippen LogP contribution in [0.25, 0.3) is 0 Å². The van der Waals surface area contributed by atoms with Gasteiger partial charge in [0, 0.05) is 17.1 Å². The molecule has 0 spiro atoms. The lowest BCUT2D eigenvalue weighted by molar-refractivity contribution is -0.116. The summed E-state index contributed by atoms with van der Waals surface area (Å²) in [4.78, 5) is 12.0. The Bertz CT molecular complexity index is 666. The molecule has 21 heavy (non-hydrogen) atoms. The second-order valence-electron chi connectivity index (χ2n) is 5.52. The molecule has 3 heteroatoms. The zero-order valence-corrected chi connectivity index (χ0v) is 12.6. The van der Waals surface area contributed by atoms with Crippen molar-refractivity contribution in [3.05, 3.63) is 64.2 Å². The molecule has 0 aromatic heterocycles. The molecule has 0 radical (unpaired) electrons. The molecule has 0 saturated heterocycles. The van der Waals surface area contributed by atoms with Crippen molar-refractivity contribution in [3.8, 4) is 0 Å². The minimum absolute atomic E-state index is 0.0490. The number of nitrogens with one attached hydrogen (secondary N) is 1. The number of benzene rings is 2. The first-order valence-corrected chi connectivity index (χ1v) is 7.74. The molecule has 108 valence electrons. The molecule has 0 unspecified atom stereocenters. The fourth-order valence-electron chi connectivity index (χ4n) is 2.82. The fourth-order valence-corrected chi connectivity index (χ4v) is 3.04. The molecule has 3 rings (SSSR count). The number of carbonyl (C=O) groups is 1. The number of halogens is 1. The molecule has 0 saturated carbocycles. The predicted molar refractivity (Wildman–Crippen MR) is 86.9 cm³/mol. The van der Waals surface area contributed by atoms with Gasteiger partial charge in [-0.15, -0.1) is 0 Å². The molecule has 2 nitrogen and oxygen atoms in total. The van der Waals surface area contributed by atoms with Crippen molar-refractivity contribution < 1.29 is 4.79 Å². The lowest BCUT2D eigenvalue weighted by atomic mass is 10.1. The normalized spacial score (nSPS) is 13.0. The number of fused-ring (bicyclic) bond motifs is 1. The van der Waals surface area contributed by atoms with E-state index < -0.39 is 0 Å². The molecular weight excluding hydrogens is 282 g/mol. The molecule has 0 heterocycles. The predicted octanol–water partition coefficient (Wildman–Crippen LogP) is 4.40. The van der Waals surface area contributed by atoms with Crippen LogP contribution in [0.1, 0.15) is 29.5 Å². The molecule has 1 amide bonds. The van der Waals surface area contributed by atoms with Crippen molar-refractivity contribution in [2.24, 2.45) is 0 Å². The highest BCUT2D eigenvalue weighted by Crippen LogP contribution is 2.25. The molecule has 0 atom stereocenters. The number of aryl methyl sites for hydroxylation is 3. The summed E-state index contributed by atoms with van der Waals surface area (Å²) >= 11 is 5.94. The minimum atomic E-state index is 0.0490. The SMILES string of the molecule is O=C(CCc1cccc(Cl)c1)Nc1ccc2c(c1)CCC2. The third-order valence-electron chi connectivity index (χ3n) is 3.91. The van der Waals surface area contributed by atoms with Crippen LogP contribution < -0.4 is 5.32 Å². The van der Waals surface area contributed by atoms with E-state index in [4.69, 9.17) is 11.6 Å². The quantitative estimate of drug-likeness (QED) is 0.891. The van der Waals surface area contributed by atoms with Gasteiger partial charge >= 0.3 is 0 Å². The number of hydrogen-bond donors (Lipinski definition) is 1. The Hall–Kier alpha value is -1.80. The average Bonchev–Trinajstić information content (AvgIpc) is 2.93. The Balaban J connectivity index is 1.57. The molecule has 2 aromatic rings. The van der Waals surface area contributed by atoms with Gasteiger partial charge < -0.3 is 5.32 Å². The smallest absolute Gasteiger partial charge is 0.224 e. The van der Waals surface area contributed by atoms with Gasteiger partial charge in [0.1, 0.15) is 0 Å². The summed E-state index contributed by atoms with van der Waals surface area (Å²) in [5.41, 5.74) is 4.80. The topological polar surface area (TPSA) is 29.1 Å². The van der Waals surface area contributed by atoms with Crippen LogP contribution in [0.15, 0.2) is 42.5 Å². The van der Waals surface area contributed by atoms with Gasteiger partial charge in [-0.2, -0.15) is 0 Å². The molecule has 1 N–H and O–H groups in total. The number of amides is 1. The van der Waals surface area contributed by atoms with E-state index in [1.54, 1.807) is 0 Å². The van der Waals surface area contributed by atoms with Gasteiger partial charge in [-0.3, -0.25) is 4.79 Å². The van der Waals surface area contributed by atoms with Crippen LogP contribution in [-0.2, 0) is 24.1 Å². The number of anilines is 1. The first-order valence-electron chi connectivity index (χ1n) is 7.37. The number of hydrogen-bond acceptors (Lipinski definition) is 1. The molecular formula is C18H18ClNO. The van der Waals surface area contributed by atoms with Gasteiger partial charge in [-0.1, -0.05) is 29.8 Å². The Morgan fingerprint density at radius 1 is 1.10 bits per heavy atom. The van der Waals surface area contributed by atoms with Gasteiger partial charge in [0.2, 0.25) is 5.91 Å². The first kappa shape index (κ1) is 14.2. The lowest BCUT2D eigenvalue weighted by Gasteiger charge is -2.08. The molecule has 0 bridgehead atoms. The van der Waals surface area contributed by atoms with Crippen LogP contribution in [0.4, 0.5) is 5.69 Å². The number of carbonyl (C=O) groups excluding carboxylic acids is 1. The first-order chi connectivity index (χ1) is 10.2. The van der Waals surface area contributed by atoms with Gasteiger partial charge in [-0.05, 0) is 66.6 Å². The summed E-state index contributed by atoms with van der Waals surface area (Å²) in [5, 5.41) is 3.70. The Labute approximate surface area is 130 Å². The monoisotopic (exact) mass is 299 g/mol. The van der Waals surface area contributed by atoms with Gasteiger partial charge in [0.15, 0.2) is 0 Å². The van der Waals surface area contributed by atoms with Crippen LogP contribution in [0.2, 0.25) is 5.02 Å². The maximum Gasteiger partial charge on any atom is 0.224 e. The Morgan fingerprint density at radius 3 is 2.81 bits per heavy atom. The van der Waals surface area contributed by atoms with Crippen molar-refractivity contribution >= 4 is 23.2 Å². The van der Waals surface area contributed by atoms with E-state index in [0.29, 0.717) is 17.9 Å². The van der Waals surface area contributed by atoms with Crippen LogP contribution in [0.3, 0.4) is 0 Å². The van der Waals surface area contributed by atoms with Crippen LogP contribution in [-0.4, -0.2) is 5.91 Å². The zero-order chi connectivity index (χ0) is 14.7. The fraction of sp³-hybridized carbons (Fsp3) is 0.278. The second kappa shape index (κ2) is 6.31. The number of rotatable bonds is 4. The summed E-state index contributed by atoms with van der Waals surface area (Å²) < 4.78 is 0. The second-order valence-corrected chi connectivity index (χ2v) is 5.95. The maximum absolute atomic E-state index is 12.0. The summed E-state index contributed by atoms with van der Waals surface area (Å²) in [6.07, 6.45) is 4.69. The molecule has 2 aromatic carbocycles. The highest BCUT2D eigenvalue weighted by Gasteiger charge is 2.11. The van der Waals surface area contributed by atoms with Crippen LogP contribution in [0, 0.1) is 0 Å². The third kappa shape index (κ3) is 3.64. The molecule has 1 aliphatic rings. The van der Waals surface area contributed by atoms with E-state index in [1.165, 1.54) is 24.0 Å². The van der Waals surface area contributed by atoms with Crippen LogP contribution >= 0.6 is 11.6 Å². The molecule has 0 aliphatic heterocycles. The third-order valence-corrected chi connectivity index (χ3v) is 4.15. The van der Waals surface area contributed by atoms with Gasteiger partial charge in [-0.25, -0.2) is 0 Å². The van der Waals surface area contributed by atoms with E-state index >= 15 is 0 Å². The van der Waals surface area contributed by atoms with Gasteiger partial charge in [0.05, 0.1) is 0 Å². The molecule has 1 aliphatic carbocycles. The van der Waals surface area contributed by atoms with E-state index in [0.717, 1.165) is 17.7 Å². The Morgan fingerprint density at radius 2 is 1.95 bits per heavy atom. The van der Waals surface area contributed by atoms with E-state index in [1.807, 2.05) is 30.3 Å². The maximum atomic E-state index is 12.0. The molecule has 0 fully saturated rings. The summed E-state index contributed by atoms with van der Waals surface area (Å²) in [6, 6.07) is 13.9. The standard InChI is InChI=1S/C18H18ClNO/c19-16-6-1-3-13(11-16)7-10-18(21)20-17-9-8-14-4-2-5-15(14)12-17/h1,3,6,8-9,11-12H,2,4-5,7,10H2,(H,20,21). The van der Waals surface area contributed by atoms with Crippen LogP contribution in [0.5, 0.6) is 0 Å². The van der Waals surface area contributed by atoms with Crippen molar-refractivity contribution in [2.75, 3.05) is 5.32 Å². The van der Waals surface area contributed by atoms with E-state index in [9.17, 15) is 4.79 Å². The largest absolute Gasteiger partial charge is 0.326 e. The average molecular weight is 300 g/mol. The van der Waals surface area contributed by atoms with Gasteiger partial charge in [0.25, 0.3) is 0 Å².